The van der Waals surface area contributed by atoms with Crippen molar-refractivity contribution in [3.05, 3.63) is 51.6 Å². The molecule has 146 valence electrons. The van der Waals surface area contributed by atoms with Gasteiger partial charge in [0.25, 0.3) is 5.56 Å². The molecule has 7 heteroatoms. The Morgan fingerprint density at radius 2 is 2.00 bits per heavy atom. The third kappa shape index (κ3) is 3.42. The number of aromatic nitrogens is 2. The van der Waals surface area contributed by atoms with Crippen molar-refractivity contribution in [2.24, 2.45) is 5.92 Å². The number of fused-ring (bicyclic) bond motifs is 2. The van der Waals surface area contributed by atoms with Gasteiger partial charge in [-0.2, -0.15) is 0 Å². The monoisotopic (exact) mass is 396 g/mol. The van der Waals surface area contributed by atoms with E-state index in [-0.39, 0.29) is 11.6 Å². The minimum atomic E-state index is -0.320. The maximum Gasteiger partial charge on any atom is 0.324 e. The van der Waals surface area contributed by atoms with Crippen LogP contribution in [-0.4, -0.2) is 15.6 Å². The van der Waals surface area contributed by atoms with E-state index in [1.807, 2.05) is 42.7 Å². The Morgan fingerprint density at radius 3 is 2.79 bits per heavy atom. The normalized spacial score (nSPS) is 16.5. The molecule has 0 fully saturated rings. The van der Waals surface area contributed by atoms with Crippen molar-refractivity contribution in [2.45, 2.75) is 46.6 Å². The van der Waals surface area contributed by atoms with Gasteiger partial charge >= 0.3 is 6.03 Å². The summed E-state index contributed by atoms with van der Waals surface area (Å²) in [6, 6.07) is 7.29. The minimum Gasteiger partial charge on any atom is -0.307 e. The van der Waals surface area contributed by atoms with Crippen LogP contribution in [0.1, 0.15) is 36.7 Å². The first-order valence-corrected chi connectivity index (χ1v) is 10.4. The molecule has 3 heterocycles. The number of anilines is 2. The van der Waals surface area contributed by atoms with E-state index in [1.165, 1.54) is 11.3 Å². The van der Waals surface area contributed by atoms with E-state index in [4.69, 9.17) is 4.98 Å². The second-order valence-electron chi connectivity index (χ2n) is 7.55. The highest BCUT2D eigenvalue weighted by molar-refractivity contribution is 7.22. The number of hydrogen-bond acceptors (Lipinski definition) is 4. The lowest BCUT2D eigenvalue weighted by Crippen LogP contribution is -2.24. The molecule has 2 amide bonds. The molecule has 2 aromatic heterocycles. The molecule has 3 aromatic rings. The summed E-state index contributed by atoms with van der Waals surface area (Å²) in [5.74, 6) is 1.46. The molecule has 0 bridgehead atoms. The summed E-state index contributed by atoms with van der Waals surface area (Å²) in [6.45, 7) is 6.75. The molecule has 28 heavy (non-hydrogen) atoms. The second kappa shape index (κ2) is 7.39. The van der Waals surface area contributed by atoms with Gasteiger partial charge in [0.1, 0.15) is 15.7 Å². The van der Waals surface area contributed by atoms with Crippen LogP contribution in [0.25, 0.3) is 10.2 Å². The van der Waals surface area contributed by atoms with Gasteiger partial charge in [-0.15, -0.1) is 0 Å². The number of benzene rings is 1. The van der Waals surface area contributed by atoms with E-state index >= 15 is 0 Å². The van der Waals surface area contributed by atoms with E-state index in [9.17, 15) is 9.59 Å². The number of nitrogens with zero attached hydrogens (tertiary/aromatic N) is 2. The molecule has 1 aliphatic rings. The Labute approximate surface area is 167 Å². The summed E-state index contributed by atoms with van der Waals surface area (Å²) in [6.07, 6.45) is 2.86. The number of thiophene rings is 1. The lowest BCUT2D eigenvalue weighted by molar-refractivity contribution is 0.262. The van der Waals surface area contributed by atoms with Crippen molar-refractivity contribution in [3.63, 3.8) is 0 Å². The number of nitrogens with one attached hydrogen (secondary N) is 2. The first-order valence-electron chi connectivity index (χ1n) is 9.60. The van der Waals surface area contributed by atoms with Gasteiger partial charge in [0.15, 0.2) is 0 Å². The van der Waals surface area contributed by atoms with Crippen molar-refractivity contribution in [1.29, 1.82) is 0 Å². The predicted molar refractivity (Wildman–Crippen MR) is 115 cm³/mol. The van der Waals surface area contributed by atoms with Crippen LogP contribution in [0.2, 0.25) is 0 Å². The van der Waals surface area contributed by atoms with Gasteiger partial charge in [-0.05, 0) is 49.8 Å². The summed E-state index contributed by atoms with van der Waals surface area (Å²) < 4.78 is 1.82. The Bertz CT molecular complexity index is 1120. The van der Waals surface area contributed by atoms with Gasteiger partial charge < -0.3 is 5.32 Å². The Hall–Kier alpha value is -2.67. The van der Waals surface area contributed by atoms with Crippen LogP contribution in [0.5, 0.6) is 0 Å². The van der Waals surface area contributed by atoms with Gasteiger partial charge in [0, 0.05) is 18.7 Å². The maximum atomic E-state index is 13.1. The number of carbonyl (C=O) groups excluding carboxylic acids is 1. The number of carbonyl (C=O) groups is 1. The van der Waals surface area contributed by atoms with E-state index in [0.717, 1.165) is 41.9 Å². The van der Waals surface area contributed by atoms with Crippen molar-refractivity contribution in [1.82, 2.24) is 9.55 Å². The summed E-state index contributed by atoms with van der Waals surface area (Å²) in [7, 11) is 0. The Kier molecular flexibility index (Phi) is 4.93. The smallest absolute Gasteiger partial charge is 0.307 e. The number of urea groups is 1. The predicted octanol–water partition coefficient (Wildman–Crippen LogP) is 4.69. The molecule has 1 atom stereocenters. The molecule has 1 aliphatic heterocycles. The fraction of sp³-hybridized carbons (Fsp3) is 0.381. The lowest BCUT2D eigenvalue weighted by atomic mass is 10.0. The molecule has 2 N–H and O–H groups in total. The van der Waals surface area contributed by atoms with Crippen LogP contribution in [0.15, 0.2) is 29.1 Å². The average molecular weight is 397 g/mol. The van der Waals surface area contributed by atoms with Gasteiger partial charge in [-0.1, -0.05) is 36.5 Å². The molecule has 0 saturated heterocycles. The zero-order valence-electron chi connectivity index (χ0n) is 16.3. The fourth-order valence-electron chi connectivity index (χ4n) is 3.64. The van der Waals surface area contributed by atoms with Gasteiger partial charge in [-0.3, -0.25) is 14.7 Å². The van der Waals surface area contributed by atoms with Crippen molar-refractivity contribution >= 4 is 38.3 Å². The third-order valence-electron chi connectivity index (χ3n) is 5.46. The van der Waals surface area contributed by atoms with E-state index in [1.54, 1.807) is 0 Å². The standard InChI is InChI=1S/C21H24N4O2S/c1-12-8-9-16-23-19-17(20(26)25(16)11-10-12)14(3)18(28-19)24-21(27)22-15-7-5-4-6-13(15)2/h4-7,12H,8-11H2,1-3H3,(H2,22,24,27)/t12-/m0/s1. The molecule has 0 radical (unpaired) electrons. The lowest BCUT2D eigenvalue weighted by Gasteiger charge is -2.09. The van der Waals surface area contributed by atoms with Crippen LogP contribution in [-0.2, 0) is 13.0 Å². The number of para-hydroxylation sites is 1. The topological polar surface area (TPSA) is 76.0 Å². The van der Waals surface area contributed by atoms with Crippen LogP contribution in [0, 0.1) is 19.8 Å². The summed E-state index contributed by atoms with van der Waals surface area (Å²) in [5, 5.41) is 7.05. The molecule has 0 aliphatic carbocycles. The first kappa shape index (κ1) is 18.7. The second-order valence-corrected chi connectivity index (χ2v) is 8.55. The summed E-state index contributed by atoms with van der Waals surface area (Å²) in [4.78, 5) is 31.0. The number of hydrogen-bond donors (Lipinski definition) is 2. The van der Waals surface area contributed by atoms with E-state index in [2.05, 4.69) is 17.6 Å². The highest BCUT2D eigenvalue weighted by Gasteiger charge is 2.21. The first-order chi connectivity index (χ1) is 13.4. The van der Waals surface area contributed by atoms with Gasteiger partial charge in [-0.25, -0.2) is 9.78 Å². The number of amides is 2. The van der Waals surface area contributed by atoms with E-state index in [0.29, 0.717) is 27.7 Å². The van der Waals surface area contributed by atoms with Crippen LogP contribution in [0.3, 0.4) is 0 Å². The highest BCUT2D eigenvalue weighted by Crippen LogP contribution is 2.33. The third-order valence-corrected chi connectivity index (χ3v) is 6.56. The van der Waals surface area contributed by atoms with Crippen LogP contribution < -0.4 is 16.2 Å². The van der Waals surface area contributed by atoms with Gasteiger partial charge in [0.05, 0.1) is 5.39 Å². The van der Waals surface area contributed by atoms with Crippen molar-refractivity contribution in [3.8, 4) is 0 Å². The molecule has 0 spiro atoms. The quantitative estimate of drug-likeness (QED) is 0.660. The number of aryl methyl sites for hydroxylation is 3. The van der Waals surface area contributed by atoms with E-state index < -0.39 is 0 Å². The molecule has 4 rings (SSSR count). The summed E-state index contributed by atoms with van der Waals surface area (Å²) >= 11 is 1.37. The fourth-order valence-corrected chi connectivity index (χ4v) is 4.72. The van der Waals surface area contributed by atoms with Crippen LogP contribution in [0.4, 0.5) is 15.5 Å². The maximum absolute atomic E-state index is 13.1. The average Bonchev–Trinajstić information content (AvgIpc) is 2.83. The minimum absolute atomic E-state index is 0.00946. The van der Waals surface area contributed by atoms with Gasteiger partial charge in [0.2, 0.25) is 0 Å². The van der Waals surface area contributed by atoms with Crippen molar-refractivity contribution < 1.29 is 4.79 Å². The van der Waals surface area contributed by atoms with Crippen molar-refractivity contribution in [2.75, 3.05) is 10.6 Å². The molecular weight excluding hydrogens is 372 g/mol. The van der Waals surface area contributed by atoms with Crippen LogP contribution >= 0.6 is 11.3 Å². The zero-order chi connectivity index (χ0) is 19.8. The largest absolute Gasteiger partial charge is 0.324 e. The molecule has 0 unspecified atom stereocenters. The highest BCUT2D eigenvalue weighted by atomic mass is 32.1. The molecule has 0 saturated carbocycles. The Balaban J connectivity index is 1.65. The number of rotatable bonds is 2. The molecule has 6 nitrogen and oxygen atoms in total. The summed E-state index contributed by atoms with van der Waals surface area (Å²) in [5.41, 5.74) is 2.54. The molecule has 1 aromatic carbocycles. The Morgan fingerprint density at radius 1 is 1.21 bits per heavy atom. The SMILES string of the molecule is Cc1ccccc1NC(=O)Nc1sc2nc3n(c(=O)c2c1C)CC[C@@H](C)CC3. The zero-order valence-corrected chi connectivity index (χ0v) is 17.2. The molecular formula is C21H24N4O2S.